The van der Waals surface area contributed by atoms with Crippen molar-refractivity contribution in [2.45, 2.75) is 19.6 Å². The Balaban J connectivity index is 2.10. The van der Waals surface area contributed by atoms with Crippen LogP contribution in [0, 0.1) is 0 Å². The molecule has 0 saturated carbocycles. The Hall–Kier alpha value is -1.06. The van der Waals surface area contributed by atoms with Gasteiger partial charge in [0.05, 0.1) is 6.10 Å². The van der Waals surface area contributed by atoms with E-state index in [0.717, 1.165) is 18.8 Å². The molecule has 3 heteroatoms. The van der Waals surface area contributed by atoms with Gasteiger partial charge < -0.3 is 9.84 Å². The predicted octanol–water partition coefficient (Wildman–Crippen LogP) is 1.26. The molecule has 0 radical (unpaired) electrons. The monoisotopic (exact) mass is 207 g/mol. The zero-order chi connectivity index (χ0) is 10.7. The van der Waals surface area contributed by atoms with Crippen molar-refractivity contribution >= 4 is 0 Å². The third-order valence-electron chi connectivity index (χ3n) is 2.55. The van der Waals surface area contributed by atoms with Crippen molar-refractivity contribution in [2.24, 2.45) is 0 Å². The molecule has 1 aliphatic rings. The fourth-order valence-corrected chi connectivity index (χ4v) is 1.91. The molecule has 15 heavy (non-hydrogen) atoms. The molecule has 1 aliphatic heterocycles. The van der Waals surface area contributed by atoms with Crippen molar-refractivity contribution in [3.8, 4) is 5.75 Å². The first-order valence-corrected chi connectivity index (χ1v) is 5.37. The second-order valence-electron chi connectivity index (χ2n) is 4.04. The van der Waals surface area contributed by atoms with Gasteiger partial charge in [0.2, 0.25) is 0 Å². The number of β-amino-alcohol motifs (C(OH)–C–C–N with tert-alkyl or cyclic N) is 1. The maximum absolute atomic E-state index is 9.36. The highest BCUT2D eigenvalue weighted by Crippen LogP contribution is 2.22. The summed E-state index contributed by atoms with van der Waals surface area (Å²) in [6, 6.07) is 8.09. The summed E-state index contributed by atoms with van der Waals surface area (Å²) in [4.78, 5) is 2.22. The van der Waals surface area contributed by atoms with Crippen molar-refractivity contribution in [1.82, 2.24) is 4.90 Å². The van der Waals surface area contributed by atoms with E-state index in [2.05, 4.69) is 11.0 Å². The Kier molecular flexibility index (Phi) is 3.23. The van der Waals surface area contributed by atoms with E-state index >= 15 is 0 Å². The molecule has 0 fully saturated rings. The van der Waals surface area contributed by atoms with Gasteiger partial charge >= 0.3 is 0 Å². The van der Waals surface area contributed by atoms with E-state index in [9.17, 15) is 5.11 Å². The lowest BCUT2D eigenvalue weighted by Gasteiger charge is -2.20. The van der Waals surface area contributed by atoms with Crippen LogP contribution in [0.1, 0.15) is 12.5 Å². The molecule has 1 N–H and O–H groups in total. The molecule has 1 unspecified atom stereocenters. The number of hydrogen-bond donors (Lipinski definition) is 1. The van der Waals surface area contributed by atoms with Crippen LogP contribution in [0.3, 0.4) is 0 Å². The lowest BCUT2D eigenvalue weighted by Crippen LogP contribution is -2.32. The first-order chi connectivity index (χ1) is 7.25. The van der Waals surface area contributed by atoms with Gasteiger partial charge in [-0.3, -0.25) is 4.90 Å². The summed E-state index contributed by atoms with van der Waals surface area (Å²) >= 11 is 0. The summed E-state index contributed by atoms with van der Waals surface area (Å²) in [6.45, 7) is 4.96. The topological polar surface area (TPSA) is 32.7 Å². The van der Waals surface area contributed by atoms with E-state index in [4.69, 9.17) is 4.74 Å². The summed E-state index contributed by atoms with van der Waals surface area (Å²) in [5.41, 5.74) is 1.20. The molecule has 0 bridgehead atoms. The molecule has 0 aliphatic carbocycles. The SMILES string of the molecule is CC(O)CN1CCOc2ccccc2C1. The van der Waals surface area contributed by atoms with E-state index in [1.54, 1.807) is 0 Å². The Morgan fingerprint density at radius 3 is 3.07 bits per heavy atom. The number of benzene rings is 1. The van der Waals surface area contributed by atoms with Crippen LogP contribution in [-0.2, 0) is 6.54 Å². The fourth-order valence-electron chi connectivity index (χ4n) is 1.91. The summed E-state index contributed by atoms with van der Waals surface area (Å²) in [7, 11) is 0. The van der Waals surface area contributed by atoms with Crippen molar-refractivity contribution < 1.29 is 9.84 Å². The van der Waals surface area contributed by atoms with Crippen molar-refractivity contribution in [1.29, 1.82) is 0 Å². The molecular formula is C12H17NO2. The molecule has 0 amide bonds. The number of hydrogen-bond acceptors (Lipinski definition) is 3. The zero-order valence-electron chi connectivity index (χ0n) is 9.02. The van der Waals surface area contributed by atoms with Crippen LogP contribution >= 0.6 is 0 Å². The summed E-state index contributed by atoms with van der Waals surface area (Å²) in [5.74, 6) is 0.977. The van der Waals surface area contributed by atoms with Gasteiger partial charge in [-0.2, -0.15) is 0 Å². The molecule has 0 saturated heterocycles. The molecule has 1 aromatic rings. The molecule has 1 heterocycles. The Morgan fingerprint density at radius 2 is 2.27 bits per heavy atom. The van der Waals surface area contributed by atoms with E-state index in [0.29, 0.717) is 13.2 Å². The van der Waals surface area contributed by atoms with Crippen LogP contribution in [0.15, 0.2) is 24.3 Å². The highest BCUT2D eigenvalue weighted by atomic mass is 16.5. The maximum atomic E-state index is 9.36. The second-order valence-corrected chi connectivity index (χ2v) is 4.04. The van der Waals surface area contributed by atoms with Crippen molar-refractivity contribution in [2.75, 3.05) is 19.7 Å². The Bertz CT molecular complexity index is 325. The molecular weight excluding hydrogens is 190 g/mol. The number of ether oxygens (including phenoxy) is 1. The minimum Gasteiger partial charge on any atom is -0.492 e. The third-order valence-corrected chi connectivity index (χ3v) is 2.55. The standard InChI is InChI=1S/C12H17NO2/c1-10(14)8-13-6-7-15-12-5-3-2-4-11(12)9-13/h2-5,10,14H,6-9H2,1H3. The summed E-state index contributed by atoms with van der Waals surface area (Å²) in [6.07, 6.45) is -0.282. The van der Waals surface area contributed by atoms with E-state index < -0.39 is 0 Å². The van der Waals surface area contributed by atoms with Crippen LogP contribution in [0.5, 0.6) is 5.75 Å². The normalized spacial score (nSPS) is 18.8. The van der Waals surface area contributed by atoms with Crippen LogP contribution in [0.4, 0.5) is 0 Å². The van der Waals surface area contributed by atoms with Crippen molar-refractivity contribution in [3.05, 3.63) is 29.8 Å². The predicted molar refractivity (Wildman–Crippen MR) is 58.9 cm³/mol. The third kappa shape index (κ3) is 2.70. The van der Waals surface area contributed by atoms with Gasteiger partial charge in [-0.05, 0) is 13.0 Å². The number of rotatable bonds is 2. The van der Waals surface area contributed by atoms with Gasteiger partial charge in [-0.25, -0.2) is 0 Å². The zero-order valence-corrected chi connectivity index (χ0v) is 9.02. The first kappa shape index (κ1) is 10.5. The van der Waals surface area contributed by atoms with Gasteiger partial charge in [0.25, 0.3) is 0 Å². The van der Waals surface area contributed by atoms with E-state index in [1.807, 2.05) is 25.1 Å². The van der Waals surface area contributed by atoms with Crippen molar-refractivity contribution in [3.63, 3.8) is 0 Å². The number of aliphatic hydroxyl groups excluding tert-OH is 1. The number of nitrogens with zero attached hydrogens (tertiary/aromatic N) is 1. The van der Waals surface area contributed by atoms with Gasteiger partial charge in [-0.1, -0.05) is 18.2 Å². The first-order valence-electron chi connectivity index (χ1n) is 5.37. The smallest absolute Gasteiger partial charge is 0.123 e. The van der Waals surface area contributed by atoms with Crippen LogP contribution in [0.25, 0.3) is 0 Å². The summed E-state index contributed by atoms with van der Waals surface area (Å²) in [5, 5.41) is 9.36. The minimum absolute atomic E-state index is 0.282. The van der Waals surface area contributed by atoms with Gasteiger partial charge in [0, 0.05) is 25.2 Å². The molecule has 1 atom stereocenters. The van der Waals surface area contributed by atoms with Gasteiger partial charge in [-0.15, -0.1) is 0 Å². The molecule has 82 valence electrons. The average molecular weight is 207 g/mol. The number of aliphatic hydroxyl groups is 1. The lowest BCUT2D eigenvalue weighted by atomic mass is 10.2. The Labute approximate surface area is 90.3 Å². The second kappa shape index (κ2) is 4.64. The largest absolute Gasteiger partial charge is 0.492 e. The van der Waals surface area contributed by atoms with E-state index in [1.165, 1.54) is 5.56 Å². The fraction of sp³-hybridized carbons (Fsp3) is 0.500. The lowest BCUT2D eigenvalue weighted by molar-refractivity contribution is 0.117. The average Bonchev–Trinajstić information content (AvgIpc) is 2.38. The van der Waals surface area contributed by atoms with Crippen LogP contribution in [-0.4, -0.2) is 35.8 Å². The number of para-hydroxylation sites is 1. The molecule has 2 rings (SSSR count). The number of fused-ring (bicyclic) bond motifs is 1. The molecule has 0 aromatic heterocycles. The molecule has 1 aromatic carbocycles. The minimum atomic E-state index is -0.282. The highest BCUT2D eigenvalue weighted by Gasteiger charge is 2.15. The Morgan fingerprint density at radius 1 is 1.47 bits per heavy atom. The van der Waals surface area contributed by atoms with E-state index in [-0.39, 0.29) is 6.10 Å². The van der Waals surface area contributed by atoms with Crippen LogP contribution < -0.4 is 4.74 Å². The maximum Gasteiger partial charge on any atom is 0.123 e. The molecule has 0 spiro atoms. The van der Waals surface area contributed by atoms with Gasteiger partial charge in [0.15, 0.2) is 0 Å². The molecule has 3 nitrogen and oxygen atoms in total. The highest BCUT2D eigenvalue weighted by molar-refractivity contribution is 5.33. The van der Waals surface area contributed by atoms with Gasteiger partial charge in [0.1, 0.15) is 12.4 Å². The quantitative estimate of drug-likeness (QED) is 0.792. The summed E-state index contributed by atoms with van der Waals surface area (Å²) < 4.78 is 5.64. The van der Waals surface area contributed by atoms with Crippen LogP contribution in [0.2, 0.25) is 0 Å².